The number of hydrogen-bond acceptors (Lipinski definition) is 4. The topological polar surface area (TPSA) is 75.7 Å². The summed E-state index contributed by atoms with van der Waals surface area (Å²) in [6, 6.07) is 0.169. The summed E-state index contributed by atoms with van der Waals surface area (Å²) in [5.41, 5.74) is 0. The summed E-state index contributed by atoms with van der Waals surface area (Å²) in [6.07, 6.45) is 4.82. The van der Waals surface area contributed by atoms with E-state index in [9.17, 15) is 14.4 Å². The minimum absolute atomic E-state index is 0.0225. The summed E-state index contributed by atoms with van der Waals surface area (Å²) in [5, 5.41) is 3.00. The molecule has 1 saturated carbocycles. The van der Waals surface area contributed by atoms with E-state index in [0.717, 1.165) is 19.3 Å². The van der Waals surface area contributed by atoms with E-state index in [4.69, 9.17) is 4.74 Å². The summed E-state index contributed by atoms with van der Waals surface area (Å²) in [4.78, 5) is 37.3. The average Bonchev–Trinajstić information content (AvgIpc) is 2.57. The number of rotatable bonds is 4. The lowest BCUT2D eigenvalue weighted by atomic mass is 9.78. The number of piperidine rings is 1. The second kappa shape index (κ2) is 8.49. The van der Waals surface area contributed by atoms with E-state index in [1.165, 1.54) is 13.3 Å². The van der Waals surface area contributed by atoms with Gasteiger partial charge in [-0.25, -0.2) is 0 Å². The monoisotopic (exact) mass is 338 g/mol. The second-order valence-corrected chi connectivity index (χ2v) is 7.35. The summed E-state index contributed by atoms with van der Waals surface area (Å²) >= 11 is 0. The van der Waals surface area contributed by atoms with Crippen LogP contribution in [0.4, 0.5) is 0 Å². The van der Waals surface area contributed by atoms with Gasteiger partial charge in [-0.05, 0) is 31.1 Å². The molecule has 0 aromatic carbocycles. The molecule has 1 saturated heterocycles. The highest BCUT2D eigenvalue weighted by Gasteiger charge is 2.30. The van der Waals surface area contributed by atoms with Gasteiger partial charge in [-0.3, -0.25) is 14.4 Å². The fourth-order valence-corrected chi connectivity index (χ4v) is 3.74. The number of likely N-dealkylation sites (tertiary alicyclic amines) is 1. The van der Waals surface area contributed by atoms with Crippen molar-refractivity contribution in [1.29, 1.82) is 0 Å². The Labute approximate surface area is 144 Å². The Hall–Kier alpha value is -1.59. The lowest BCUT2D eigenvalue weighted by molar-refractivity contribution is -0.155. The Morgan fingerprint density at radius 2 is 1.88 bits per heavy atom. The van der Waals surface area contributed by atoms with Crippen LogP contribution in [0.25, 0.3) is 0 Å². The van der Waals surface area contributed by atoms with Gasteiger partial charge in [0.2, 0.25) is 5.91 Å². The minimum Gasteiger partial charge on any atom is -0.455 e. The molecular formula is C18H30N2O4. The van der Waals surface area contributed by atoms with E-state index in [1.807, 2.05) is 0 Å². The van der Waals surface area contributed by atoms with Gasteiger partial charge in [-0.1, -0.05) is 26.7 Å². The van der Waals surface area contributed by atoms with Gasteiger partial charge in [0.05, 0.1) is 5.92 Å². The van der Waals surface area contributed by atoms with Crippen LogP contribution in [0.15, 0.2) is 0 Å². The van der Waals surface area contributed by atoms with Crippen LogP contribution in [-0.4, -0.2) is 48.4 Å². The fraction of sp³-hybridized carbons (Fsp3) is 0.833. The van der Waals surface area contributed by atoms with Crippen LogP contribution < -0.4 is 5.32 Å². The summed E-state index contributed by atoms with van der Waals surface area (Å²) in [7, 11) is 0. The molecule has 24 heavy (non-hydrogen) atoms. The molecule has 0 unspecified atom stereocenters. The zero-order valence-corrected chi connectivity index (χ0v) is 15.0. The predicted octanol–water partition coefficient (Wildman–Crippen LogP) is 1.73. The van der Waals surface area contributed by atoms with Crippen LogP contribution in [-0.2, 0) is 19.1 Å². The molecule has 1 N–H and O–H groups in total. The van der Waals surface area contributed by atoms with Gasteiger partial charge in [-0.2, -0.15) is 0 Å². The molecule has 4 atom stereocenters. The first-order valence-corrected chi connectivity index (χ1v) is 9.10. The molecule has 1 aliphatic heterocycles. The van der Waals surface area contributed by atoms with Crippen molar-refractivity contribution >= 4 is 17.8 Å². The standard InChI is InChI=1S/C18H30N2O4/c1-12-6-4-8-16(13(12)2)19-17(22)11-24-18(23)15-7-5-9-20(10-15)14(3)21/h12-13,15-16H,4-11H2,1-3H3,(H,19,22)/t12-,13-,15+,16-/m1/s1. The van der Waals surface area contributed by atoms with E-state index in [0.29, 0.717) is 31.3 Å². The van der Waals surface area contributed by atoms with Gasteiger partial charge in [0.1, 0.15) is 0 Å². The maximum Gasteiger partial charge on any atom is 0.311 e. The molecule has 1 heterocycles. The lowest BCUT2D eigenvalue weighted by Crippen LogP contribution is -2.46. The van der Waals surface area contributed by atoms with E-state index in [-0.39, 0.29) is 36.4 Å². The van der Waals surface area contributed by atoms with Crippen LogP contribution in [0.1, 0.15) is 52.9 Å². The van der Waals surface area contributed by atoms with Crippen molar-refractivity contribution in [3.05, 3.63) is 0 Å². The van der Waals surface area contributed by atoms with Crippen molar-refractivity contribution in [3.63, 3.8) is 0 Å². The minimum atomic E-state index is -0.374. The number of esters is 1. The molecule has 2 amide bonds. The molecular weight excluding hydrogens is 308 g/mol. The van der Waals surface area contributed by atoms with Gasteiger partial charge in [0.15, 0.2) is 6.61 Å². The molecule has 2 aliphatic rings. The zero-order valence-electron chi connectivity index (χ0n) is 15.0. The number of nitrogens with zero attached hydrogens (tertiary/aromatic N) is 1. The van der Waals surface area contributed by atoms with Crippen LogP contribution in [0.2, 0.25) is 0 Å². The largest absolute Gasteiger partial charge is 0.455 e. The quantitative estimate of drug-likeness (QED) is 0.792. The Bertz CT molecular complexity index is 480. The highest BCUT2D eigenvalue weighted by Crippen LogP contribution is 2.29. The molecule has 2 fully saturated rings. The maximum absolute atomic E-state index is 12.1. The van der Waals surface area contributed by atoms with Crippen LogP contribution >= 0.6 is 0 Å². The van der Waals surface area contributed by atoms with Crippen LogP contribution in [0.5, 0.6) is 0 Å². The normalized spacial score (nSPS) is 30.5. The Balaban J connectivity index is 1.75. The molecule has 6 heteroatoms. The summed E-state index contributed by atoms with van der Waals surface area (Å²) in [5.74, 6) is 0.108. The lowest BCUT2D eigenvalue weighted by Gasteiger charge is -2.34. The van der Waals surface area contributed by atoms with Crippen LogP contribution in [0, 0.1) is 17.8 Å². The fourth-order valence-electron chi connectivity index (χ4n) is 3.74. The van der Waals surface area contributed by atoms with Crippen molar-refractivity contribution in [1.82, 2.24) is 10.2 Å². The molecule has 0 bridgehead atoms. The van der Waals surface area contributed by atoms with Gasteiger partial charge < -0.3 is 15.0 Å². The number of hydrogen-bond donors (Lipinski definition) is 1. The van der Waals surface area contributed by atoms with Gasteiger partial charge in [0, 0.05) is 26.1 Å². The number of carbonyl (C=O) groups excluding carboxylic acids is 3. The third kappa shape index (κ3) is 4.95. The van der Waals surface area contributed by atoms with E-state index in [2.05, 4.69) is 19.2 Å². The first-order valence-electron chi connectivity index (χ1n) is 9.10. The van der Waals surface area contributed by atoms with E-state index >= 15 is 0 Å². The molecule has 0 spiro atoms. The van der Waals surface area contributed by atoms with Gasteiger partial charge >= 0.3 is 5.97 Å². The molecule has 0 aromatic heterocycles. The number of amides is 2. The molecule has 0 aromatic rings. The highest BCUT2D eigenvalue weighted by atomic mass is 16.5. The van der Waals surface area contributed by atoms with Gasteiger partial charge in [-0.15, -0.1) is 0 Å². The zero-order chi connectivity index (χ0) is 17.7. The SMILES string of the molecule is CC(=O)N1CCC[C@H](C(=O)OCC(=O)N[C@@H]2CCC[C@@H](C)[C@H]2C)C1. The molecule has 136 valence electrons. The molecule has 1 aliphatic carbocycles. The van der Waals surface area contributed by atoms with E-state index < -0.39 is 0 Å². The average molecular weight is 338 g/mol. The van der Waals surface area contributed by atoms with E-state index in [1.54, 1.807) is 4.90 Å². The van der Waals surface area contributed by atoms with Crippen molar-refractivity contribution in [2.24, 2.45) is 17.8 Å². The molecule has 6 nitrogen and oxygen atoms in total. The smallest absolute Gasteiger partial charge is 0.311 e. The highest BCUT2D eigenvalue weighted by molar-refractivity contribution is 5.82. The maximum atomic E-state index is 12.1. The number of ether oxygens (including phenoxy) is 1. The first kappa shape index (κ1) is 18.7. The number of nitrogens with one attached hydrogen (secondary N) is 1. The Kier molecular flexibility index (Phi) is 6.63. The first-order chi connectivity index (χ1) is 11.4. The van der Waals surface area contributed by atoms with Crippen LogP contribution in [0.3, 0.4) is 0 Å². The Morgan fingerprint density at radius 1 is 1.12 bits per heavy atom. The summed E-state index contributed by atoms with van der Waals surface area (Å²) < 4.78 is 5.19. The Morgan fingerprint density at radius 3 is 2.58 bits per heavy atom. The summed E-state index contributed by atoms with van der Waals surface area (Å²) in [6.45, 7) is 6.75. The third-order valence-electron chi connectivity index (χ3n) is 5.60. The van der Waals surface area contributed by atoms with Crippen molar-refractivity contribution in [2.45, 2.75) is 58.9 Å². The molecule has 0 radical (unpaired) electrons. The van der Waals surface area contributed by atoms with Crippen molar-refractivity contribution in [2.75, 3.05) is 19.7 Å². The van der Waals surface area contributed by atoms with Gasteiger partial charge in [0.25, 0.3) is 5.91 Å². The van der Waals surface area contributed by atoms with Crippen molar-refractivity contribution < 1.29 is 19.1 Å². The second-order valence-electron chi connectivity index (χ2n) is 7.35. The third-order valence-corrected chi connectivity index (χ3v) is 5.60. The predicted molar refractivity (Wildman–Crippen MR) is 90.0 cm³/mol. The molecule has 2 rings (SSSR count). The number of carbonyl (C=O) groups is 3. The van der Waals surface area contributed by atoms with Crippen molar-refractivity contribution in [3.8, 4) is 0 Å².